The van der Waals surface area contributed by atoms with Crippen molar-refractivity contribution in [3.05, 3.63) is 68.2 Å². The zero-order valence-corrected chi connectivity index (χ0v) is 22.6. The number of aromatic nitrogens is 2. The molecule has 2 heterocycles. The zero-order chi connectivity index (χ0) is 29.4. The van der Waals surface area contributed by atoms with Gasteiger partial charge in [0.15, 0.2) is 9.84 Å². The van der Waals surface area contributed by atoms with E-state index in [0.29, 0.717) is 6.07 Å². The third-order valence-electron chi connectivity index (χ3n) is 6.73. The first kappa shape index (κ1) is 29.3. The standard InChI is InChI=1S/C25H23ClF3N5O5S/c1-2-40(38,39)20-4-3-15(11-30)9-16(20)12-34-14-31-22-17(23(34)35)10-19(25(27,28)29)18(21(22)26)13-32-5-7-33(8-6-32)24(36)37/h3-4,9-10,14H,2,5-8,12-13H2,1H3,(H,36,37). The molecule has 2 aromatic carbocycles. The van der Waals surface area contributed by atoms with Crippen LogP contribution in [-0.2, 0) is 29.1 Å². The SMILES string of the molecule is CCS(=O)(=O)c1ccc(C#N)cc1Cn1cnc2c(Cl)c(CN3CCN(C(=O)O)CC3)c(C(F)(F)F)cc2c1=O. The number of halogens is 4. The van der Waals surface area contributed by atoms with Crippen LogP contribution in [0.5, 0.6) is 0 Å². The molecule has 15 heteroatoms. The molecule has 0 saturated carbocycles. The number of alkyl halides is 3. The summed E-state index contributed by atoms with van der Waals surface area (Å²) in [7, 11) is -3.75. The largest absolute Gasteiger partial charge is 0.465 e. The maximum atomic E-state index is 14.2. The molecule has 1 N–H and O–H groups in total. The molecule has 1 aliphatic rings. The summed E-state index contributed by atoms with van der Waals surface area (Å²) in [6.45, 7) is 1.46. The number of hydrogen-bond donors (Lipinski definition) is 1. The third-order valence-corrected chi connectivity index (χ3v) is 8.97. The molecule has 0 atom stereocenters. The normalized spacial score (nSPS) is 14.8. The predicted octanol–water partition coefficient (Wildman–Crippen LogP) is 3.58. The Balaban J connectivity index is 1.79. The summed E-state index contributed by atoms with van der Waals surface area (Å²) in [5, 5.41) is 17.6. The minimum Gasteiger partial charge on any atom is -0.465 e. The minimum absolute atomic E-state index is 0.103. The molecule has 212 valence electrons. The van der Waals surface area contributed by atoms with Crippen molar-refractivity contribution in [3.63, 3.8) is 0 Å². The second kappa shape index (κ2) is 11.1. The van der Waals surface area contributed by atoms with Crippen molar-refractivity contribution in [1.82, 2.24) is 19.4 Å². The molecule has 1 aromatic heterocycles. The van der Waals surface area contributed by atoms with Gasteiger partial charge in [0.2, 0.25) is 0 Å². The van der Waals surface area contributed by atoms with Gasteiger partial charge >= 0.3 is 12.3 Å². The van der Waals surface area contributed by atoms with Gasteiger partial charge in [0.05, 0.1) is 56.6 Å². The monoisotopic (exact) mass is 597 g/mol. The van der Waals surface area contributed by atoms with Crippen molar-refractivity contribution in [2.45, 2.75) is 31.1 Å². The summed E-state index contributed by atoms with van der Waals surface area (Å²) < 4.78 is 68.7. The second-order valence-electron chi connectivity index (χ2n) is 9.17. The lowest BCUT2D eigenvalue weighted by molar-refractivity contribution is -0.138. The molecule has 0 aliphatic carbocycles. The average molecular weight is 598 g/mol. The van der Waals surface area contributed by atoms with E-state index in [-0.39, 0.29) is 77.1 Å². The number of piperazine rings is 1. The Bertz CT molecular complexity index is 1690. The van der Waals surface area contributed by atoms with Gasteiger partial charge in [-0.2, -0.15) is 18.4 Å². The van der Waals surface area contributed by atoms with E-state index in [1.54, 1.807) is 4.90 Å². The summed E-state index contributed by atoms with van der Waals surface area (Å²) in [6.07, 6.45) is -4.91. The number of nitrogens with zero attached hydrogens (tertiary/aromatic N) is 5. The van der Waals surface area contributed by atoms with Gasteiger partial charge < -0.3 is 10.0 Å². The van der Waals surface area contributed by atoms with Crippen LogP contribution in [0, 0.1) is 11.3 Å². The Morgan fingerprint density at radius 2 is 1.85 bits per heavy atom. The van der Waals surface area contributed by atoms with Crippen LogP contribution in [0.3, 0.4) is 0 Å². The highest BCUT2D eigenvalue weighted by Crippen LogP contribution is 2.39. The van der Waals surface area contributed by atoms with Crippen molar-refractivity contribution in [1.29, 1.82) is 5.26 Å². The highest BCUT2D eigenvalue weighted by molar-refractivity contribution is 7.91. The molecule has 4 rings (SSSR count). The fourth-order valence-corrected chi connectivity index (χ4v) is 5.98. The summed E-state index contributed by atoms with van der Waals surface area (Å²) in [4.78, 5) is 31.4. The predicted molar refractivity (Wildman–Crippen MR) is 139 cm³/mol. The molecule has 0 bridgehead atoms. The number of nitriles is 1. The molecule has 10 nitrogen and oxygen atoms in total. The Hall–Kier alpha value is -3.67. The van der Waals surface area contributed by atoms with Crippen LogP contribution < -0.4 is 5.56 Å². The Morgan fingerprint density at radius 1 is 1.18 bits per heavy atom. The van der Waals surface area contributed by atoms with Crippen LogP contribution in [0.15, 0.2) is 40.3 Å². The molecule has 0 unspecified atom stereocenters. The number of sulfone groups is 1. The van der Waals surface area contributed by atoms with Crippen molar-refractivity contribution < 1.29 is 31.5 Å². The van der Waals surface area contributed by atoms with Crippen molar-refractivity contribution in [3.8, 4) is 6.07 Å². The van der Waals surface area contributed by atoms with Crippen LogP contribution in [0.25, 0.3) is 10.9 Å². The van der Waals surface area contributed by atoms with Crippen LogP contribution in [0.2, 0.25) is 5.02 Å². The van der Waals surface area contributed by atoms with Crippen molar-refractivity contribution in [2.24, 2.45) is 0 Å². The molecule has 0 spiro atoms. The van der Waals surface area contributed by atoms with E-state index in [2.05, 4.69) is 4.98 Å². The molecular formula is C25H23ClF3N5O5S. The van der Waals surface area contributed by atoms with E-state index < -0.39 is 38.6 Å². The Morgan fingerprint density at radius 3 is 2.42 bits per heavy atom. The Labute approximate surface area is 231 Å². The summed E-state index contributed by atoms with van der Waals surface area (Å²) in [5.41, 5.74) is -2.17. The van der Waals surface area contributed by atoms with Crippen LogP contribution in [0.1, 0.15) is 29.2 Å². The second-order valence-corrected chi connectivity index (χ2v) is 11.8. The first-order valence-electron chi connectivity index (χ1n) is 12.0. The molecule has 1 aliphatic heterocycles. The Kier molecular flexibility index (Phi) is 8.11. The number of carbonyl (C=O) groups is 1. The number of carboxylic acid groups (broad SMARTS) is 1. The smallest absolute Gasteiger partial charge is 0.416 e. The van der Waals surface area contributed by atoms with Gasteiger partial charge in [0, 0.05) is 32.7 Å². The highest BCUT2D eigenvalue weighted by Gasteiger charge is 2.37. The van der Waals surface area contributed by atoms with E-state index in [0.717, 1.165) is 15.8 Å². The summed E-state index contributed by atoms with van der Waals surface area (Å²) >= 11 is 6.42. The van der Waals surface area contributed by atoms with Crippen LogP contribution >= 0.6 is 11.6 Å². The quantitative estimate of drug-likeness (QED) is 0.455. The lowest BCUT2D eigenvalue weighted by Gasteiger charge is -2.33. The summed E-state index contributed by atoms with van der Waals surface area (Å²) in [5.74, 6) is -0.241. The van der Waals surface area contributed by atoms with E-state index >= 15 is 0 Å². The number of fused-ring (bicyclic) bond motifs is 1. The lowest BCUT2D eigenvalue weighted by atomic mass is 10.0. The molecule has 0 radical (unpaired) electrons. The van der Waals surface area contributed by atoms with E-state index in [1.807, 2.05) is 6.07 Å². The minimum atomic E-state index is -4.87. The first-order valence-corrected chi connectivity index (χ1v) is 14.0. The number of rotatable bonds is 6. The fraction of sp³-hybridized carbons (Fsp3) is 0.360. The molecule has 40 heavy (non-hydrogen) atoms. The number of benzene rings is 2. The third kappa shape index (κ3) is 5.77. The lowest BCUT2D eigenvalue weighted by Crippen LogP contribution is -2.48. The van der Waals surface area contributed by atoms with Gasteiger partial charge in [-0.3, -0.25) is 14.3 Å². The van der Waals surface area contributed by atoms with Gasteiger partial charge in [-0.25, -0.2) is 18.2 Å². The topological polar surface area (TPSA) is 137 Å². The molecule has 1 saturated heterocycles. The molecule has 1 fully saturated rings. The van der Waals surface area contributed by atoms with E-state index in [1.165, 1.54) is 25.1 Å². The van der Waals surface area contributed by atoms with Crippen LogP contribution in [0.4, 0.5) is 18.0 Å². The first-order chi connectivity index (χ1) is 18.8. The van der Waals surface area contributed by atoms with Gasteiger partial charge in [0.25, 0.3) is 5.56 Å². The maximum absolute atomic E-state index is 14.2. The average Bonchev–Trinajstić information content (AvgIpc) is 2.91. The van der Waals surface area contributed by atoms with Crippen LogP contribution in [-0.4, -0.2) is 70.9 Å². The summed E-state index contributed by atoms with van der Waals surface area (Å²) in [6, 6.07) is 6.47. The molecule has 1 amide bonds. The zero-order valence-electron chi connectivity index (χ0n) is 21.1. The van der Waals surface area contributed by atoms with Gasteiger partial charge in [-0.05, 0) is 35.4 Å². The highest BCUT2D eigenvalue weighted by atomic mass is 35.5. The molecule has 3 aromatic rings. The van der Waals surface area contributed by atoms with E-state index in [4.69, 9.17) is 16.7 Å². The number of amides is 1. The van der Waals surface area contributed by atoms with Gasteiger partial charge in [-0.1, -0.05) is 18.5 Å². The maximum Gasteiger partial charge on any atom is 0.416 e. The van der Waals surface area contributed by atoms with Crippen molar-refractivity contribution >= 4 is 38.4 Å². The van der Waals surface area contributed by atoms with Gasteiger partial charge in [-0.15, -0.1) is 0 Å². The van der Waals surface area contributed by atoms with Crippen molar-refractivity contribution in [2.75, 3.05) is 31.9 Å². The fourth-order valence-electron chi connectivity index (χ4n) is 4.56. The van der Waals surface area contributed by atoms with Gasteiger partial charge in [0.1, 0.15) is 0 Å². The number of hydrogen-bond acceptors (Lipinski definition) is 7. The van der Waals surface area contributed by atoms with E-state index in [9.17, 15) is 36.4 Å². The molecular weight excluding hydrogens is 575 g/mol.